The summed E-state index contributed by atoms with van der Waals surface area (Å²) in [6, 6.07) is 29.9. The van der Waals surface area contributed by atoms with Crippen LogP contribution < -0.4 is 5.32 Å². The van der Waals surface area contributed by atoms with Gasteiger partial charge in [-0.25, -0.2) is 0 Å². The smallest absolute Gasteiger partial charge is 0.134 e. The van der Waals surface area contributed by atoms with Crippen molar-refractivity contribution in [2.24, 2.45) is 0 Å². The van der Waals surface area contributed by atoms with Crippen LogP contribution in [0.4, 0.5) is 0 Å². The third-order valence-corrected chi connectivity index (χ3v) is 5.06. The molecule has 0 aliphatic heterocycles. The van der Waals surface area contributed by atoms with Crippen LogP contribution in [0.15, 0.2) is 89.3 Å². The van der Waals surface area contributed by atoms with Crippen LogP contribution in [0.5, 0.6) is 0 Å². The van der Waals surface area contributed by atoms with Gasteiger partial charge in [-0.1, -0.05) is 72.8 Å². The number of benzene rings is 3. The number of nitrogens with one attached hydrogen (secondary N) is 1. The van der Waals surface area contributed by atoms with Crippen LogP contribution in [0.1, 0.15) is 30.7 Å². The van der Waals surface area contributed by atoms with E-state index in [1.807, 2.05) is 18.2 Å². The molecular weight excluding hydrogens is 330 g/mol. The van der Waals surface area contributed by atoms with Crippen molar-refractivity contribution in [3.8, 4) is 11.3 Å². The number of furan rings is 1. The Labute approximate surface area is 160 Å². The van der Waals surface area contributed by atoms with Crippen LogP contribution in [-0.2, 0) is 6.42 Å². The molecule has 2 nitrogen and oxygen atoms in total. The Morgan fingerprint density at radius 1 is 0.815 bits per heavy atom. The molecule has 0 aliphatic rings. The minimum atomic E-state index is 0.326. The summed E-state index contributed by atoms with van der Waals surface area (Å²) in [5.74, 6) is 2.00. The van der Waals surface area contributed by atoms with Gasteiger partial charge in [0.2, 0.25) is 0 Å². The van der Waals surface area contributed by atoms with Crippen molar-refractivity contribution < 1.29 is 4.42 Å². The Balaban J connectivity index is 1.32. The molecule has 0 saturated heterocycles. The molecule has 4 rings (SSSR count). The Hall–Kier alpha value is -2.84. The van der Waals surface area contributed by atoms with E-state index in [9.17, 15) is 0 Å². The Bertz CT molecular complexity index is 998. The Morgan fingerprint density at radius 2 is 1.59 bits per heavy atom. The molecule has 0 saturated carbocycles. The van der Waals surface area contributed by atoms with Crippen molar-refractivity contribution in [3.05, 3.63) is 96.3 Å². The third kappa shape index (κ3) is 4.12. The average Bonchev–Trinajstić information content (AvgIpc) is 3.20. The number of hydrogen-bond donors (Lipinski definition) is 1. The molecule has 1 aromatic heterocycles. The maximum absolute atomic E-state index is 5.99. The van der Waals surface area contributed by atoms with Gasteiger partial charge in [-0.05, 0) is 48.4 Å². The van der Waals surface area contributed by atoms with E-state index >= 15 is 0 Å². The molecule has 27 heavy (non-hydrogen) atoms. The van der Waals surface area contributed by atoms with Crippen LogP contribution in [0.25, 0.3) is 22.1 Å². The molecule has 2 heteroatoms. The molecule has 1 heterocycles. The van der Waals surface area contributed by atoms with Crippen LogP contribution in [0.3, 0.4) is 0 Å². The lowest BCUT2D eigenvalue weighted by Crippen LogP contribution is -2.20. The van der Waals surface area contributed by atoms with E-state index in [1.165, 1.54) is 16.3 Å². The van der Waals surface area contributed by atoms with E-state index in [0.717, 1.165) is 36.5 Å². The molecular formula is C25H25NO. The number of hydrogen-bond acceptors (Lipinski definition) is 2. The zero-order valence-corrected chi connectivity index (χ0v) is 15.7. The second-order valence-corrected chi connectivity index (χ2v) is 6.98. The molecule has 0 fully saturated rings. The normalized spacial score (nSPS) is 12.3. The van der Waals surface area contributed by atoms with Crippen molar-refractivity contribution in [1.29, 1.82) is 0 Å². The van der Waals surface area contributed by atoms with Crippen LogP contribution in [0, 0.1) is 0 Å². The van der Waals surface area contributed by atoms with Gasteiger partial charge < -0.3 is 9.73 Å². The van der Waals surface area contributed by atoms with Crippen molar-refractivity contribution in [2.75, 3.05) is 6.54 Å². The standard InChI is InChI=1S/C25H25NO/c1-19(23-15-7-12-20-9-5-6-14-24(20)23)26-18-8-13-22-16-17-25(27-22)21-10-3-2-4-11-21/h2-7,9-12,14-17,19,26H,8,13,18H2,1H3. The van der Waals surface area contributed by atoms with Gasteiger partial charge in [0.05, 0.1) is 0 Å². The van der Waals surface area contributed by atoms with Crippen LogP contribution >= 0.6 is 0 Å². The summed E-state index contributed by atoms with van der Waals surface area (Å²) < 4.78 is 5.99. The lowest BCUT2D eigenvalue weighted by atomic mass is 9.99. The minimum Gasteiger partial charge on any atom is -0.461 e. The average molecular weight is 355 g/mol. The highest BCUT2D eigenvalue weighted by Crippen LogP contribution is 2.24. The Kier molecular flexibility index (Phi) is 5.36. The summed E-state index contributed by atoms with van der Waals surface area (Å²) in [5.41, 5.74) is 2.49. The van der Waals surface area contributed by atoms with Gasteiger partial charge in [-0.2, -0.15) is 0 Å². The SMILES string of the molecule is CC(NCCCc1ccc(-c2ccccc2)o1)c1cccc2ccccc12. The quantitative estimate of drug-likeness (QED) is 0.389. The monoisotopic (exact) mass is 355 g/mol. The first-order valence-electron chi connectivity index (χ1n) is 9.66. The first-order valence-corrected chi connectivity index (χ1v) is 9.66. The summed E-state index contributed by atoms with van der Waals surface area (Å²) in [7, 11) is 0. The van der Waals surface area contributed by atoms with Crippen LogP contribution in [0.2, 0.25) is 0 Å². The highest BCUT2D eigenvalue weighted by atomic mass is 16.3. The Morgan fingerprint density at radius 3 is 2.48 bits per heavy atom. The fraction of sp³-hybridized carbons (Fsp3) is 0.200. The molecule has 0 aliphatic carbocycles. The van der Waals surface area contributed by atoms with Crippen molar-refractivity contribution in [2.45, 2.75) is 25.8 Å². The highest BCUT2D eigenvalue weighted by molar-refractivity contribution is 5.86. The minimum absolute atomic E-state index is 0.326. The largest absolute Gasteiger partial charge is 0.461 e. The molecule has 1 atom stereocenters. The zero-order chi connectivity index (χ0) is 18.5. The maximum atomic E-state index is 5.99. The van der Waals surface area contributed by atoms with Crippen molar-refractivity contribution in [3.63, 3.8) is 0 Å². The summed E-state index contributed by atoms with van der Waals surface area (Å²) >= 11 is 0. The van der Waals surface area contributed by atoms with Gasteiger partial charge >= 0.3 is 0 Å². The second-order valence-electron chi connectivity index (χ2n) is 6.98. The summed E-state index contributed by atoms with van der Waals surface area (Å²) in [6.07, 6.45) is 2.00. The summed E-state index contributed by atoms with van der Waals surface area (Å²) in [6.45, 7) is 3.20. The van der Waals surface area contributed by atoms with Gasteiger partial charge in [0.25, 0.3) is 0 Å². The zero-order valence-electron chi connectivity index (χ0n) is 15.7. The molecule has 1 unspecified atom stereocenters. The lowest BCUT2D eigenvalue weighted by molar-refractivity contribution is 0.496. The summed E-state index contributed by atoms with van der Waals surface area (Å²) in [4.78, 5) is 0. The van der Waals surface area contributed by atoms with Crippen molar-refractivity contribution in [1.82, 2.24) is 5.32 Å². The fourth-order valence-corrected chi connectivity index (χ4v) is 3.59. The van der Waals surface area contributed by atoms with Gasteiger partial charge in [-0.15, -0.1) is 0 Å². The molecule has 1 N–H and O–H groups in total. The van der Waals surface area contributed by atoms with E-state index in [0.29, 0.717) is 6.04 Å². The number of rotatable bonds is 7. The number of aryl methyl sites for hydroxylation is 1. The predicted molar refractivity (Wildman–Crippen MR) is 113 cm³/mol. The predicted octanol–water partition coefficient (Wildman–Crippen LogP) is 6.38. The number of fused-ring (bicyclic) bond motifs is 1. The van der Waals surface area contributed by atoms with E-state index in [-0.39, 0.29) is 0 Å². The first-order chi connectivity index (χ1) is 13.3. The fourth-order valence-electron chi connectivity index (χ4n) is 3.59. The van der Waals surface area contributed by atoms with Gasteiger partial charge in [0.1, 0.15) is 11.5 Å². The molecule has 4 aromatic rings. The summed E-state index contributed by atoms with van der Waals surface area (Å²) in [5, 5.41) is 6.29. The first kappa shape index (κ1) is 17.6. The van der Waals surface area contributed by atoms with Crippen LogP contribution in [-0.4, -0.2) is 6.54 Å². The topological polar surface area (TPSA) is 25.2 Å². The highest BCUT2D eigenvalue weighted by Gasteiger charge is 2.09. The van der Waals surface area contributed by atoms with E-state index in [1.54, 1.807) is 0 Å². The lowest BCUT2D eigenvalue weighted by Gasteiger charge is -2.16. The second kappa shape index (κ2) is 8.24. The molecule has 136 valence electrons. The molecule has 0 spiro atoms. The van der Waals surface area contributed by atoms with Gasteiger partial charge in [0, 0.05) is 18.0 Å². The van der Waals surface area contributed by atoms with Gasteiger partial charge in [0.15, 0.2) is 0 Å². The molecule has 0 bridgehead atoms. The van der Waals surface area contributed by atoms with E-state index in [4.69, 9.17) is 4.42 Å². The maximum Gasteiger partial charge on any atom is 0.134 e. The molecule has 0 radical (unpaired) electrons. The van der Waals surface area contributed by atoms with Crippen molar-refractivity contribution >= 4 is 10.8 Å². The van der Waals surface area contributed by atoms with E-state index < -0.39 is 0 Å². The van der Waals surface area contributed by atoms with Gasteiger partial charge in [-0.3, -0.25) is 0 Å². The molecule has 3 aromatic carbocycles. The third-order valence-electron chi connectivity index (χ3n) is 5.06. The van der Waals surface area contributed by atoms with E-state index in [2.05, 4.69) is 79.0 Å². The molecule has 0 amide bonds.